The topological polar surface area (TPSA) is 79.8 Å². The van der Waals surface area contributed by atoms with Crippen molar-refractivity contribution in [2.24, 2.45) is 0 Å². The Balaban J connectivity index is 1.85. The Bertz CT molecular complexity index is 853. The summed E-state index contributed by atoms with van der Waals surface area (Å²) in [7, 11) is 0. The second kappa shape index (κ2) is 6.14. The molecule has 0 atom stereocenters. The van der Waals surface area contributed by atoms with Gasteiger partial charge in [0.2, 0.25) is 5.82 Å². The second-order valence-corrected chi connectivity index (χ2v) is 5.73. The number of carbonyl (C=O) groups excluding carboxylic acids is 1. The lowest BCUT2D eigenvalue weighted by molar-refractivity contribution is 0.101. The summed E-state index contributed by atoms with van der Waals surface area (Å²) in [6.45, 7) is 0. The van der Waals surface area contributed by atoms with Crippen LogP contribution in [0.15, 0.2) is 59.4 Å². The van der Waals surface area contributed by atoms with Crippen LogP contribution < -0.4 is 11.0 Å². The van der Waals surface area contributed by atoms with Gasteiger partial charge in [0.15, 0.2) is 0 Å². The molecule has 0 aliphatic carbocycles. The molecular formula is C15H11IN4O2. The van der Waals surface area contributed by atoms with E-state index in [1.807, 2.05) is 18.2 Å². The van der Waals surface area contributed by atoms with Crippen LogP contribution in [0.2, 0.25) is 0 Å². The number of aromatic nitrogens is 3. The number of H-pyrrole nitrogens is 1. The Kier molecular flexibility index (Phi) is 4.05. The van der Waals surface area contributed by atoms with Crippen LogP contribution in [0, 0.1) is 3.57 Å². The molecule has 0 radical (unpaired) electrons. The van der Waals surface area contributed by atoms with Crippen LogP contribution in [-0.4, -0.2) is 20.7 Å². The lowest BCUT2D eigenvalue weighted by atomic mass is 10.3. The summed E-state index contributed by atoms with van der Waals surface area (Å²) in [5.41, 5.74) is 0.775. The first-order valence-electron chi connectivity index (χ1n) is 6.45. The van der Waals surface area contributed by atoms with E-state index in [9.17, 15) is 9.59 Å². The Hall–Kier alpha value is -2.42. The quantitative estimate of drug-likeness (QED) is 0.656. The summed E-state index contributed by atoms with van der Waals surface area (Å²) >= 11 is 2.18. The fraction of sp³-hybridized carbons (Fsp3) is 0. The molecule has 0 fully saturated rings. The molecule has 0 aliphatic rings. The molecule has 7 heteroatoms. The van der Waals surface area contributed by atoms with Gasteiger partial charge < -0.3 is 5.32 Å². The van der Waals surface area contributed by atoms with Crippen molar-refractivity contribution in [1.82, 2.24) is 14.8 Å². The predicted octanol–water partition coefficient (Wildman–Crippen LogP) is 2.42. The first kappa shape index (κ1) is 14.5. The Labute approximate surface area is 139 Å². The minimum atomic E-state index is -0.465. The minimum absolute atomic E-state index is 0.0348. The standard InChI is InChI=1S/C15H11IN4O2/c16-10-6-8-11(9-7-10)17-14(21)13-18-15(22)20(19-13)12-4-2-1-3-5-12/h1-9H,(H,17,21)(H,18,19,22). The van der Waals surface area contributed by atoms with Gasteiger partial charge in [0.05, 0.1) is 5.69 Å². The average molecular weight is 406 g/mol. The molecule has 1 amide bonds. The Morgan fingerprint density at radius 2 is 1.77 bits per heavy atom. The van der Waals surface area contributed by atoms with Crippen LogP contribution in [0.5, 0.6) is 0 Å². The van der Waals surface area contributed by atoms with E-state index in [1.54, 1.807) is 36.4 Å². The summed E-state index contributed by atoms with van der Waals surface area (Å²) in [5, 5.41) is 6.72. The van der Waals surface area contributed by atoms with Crippen molar-refractivity contribution in [1.29, 1.82) is 0 Å². The smallest absolute Gasteiger partial charge is 0.319 e. The number of rotatable bonds is 3. The number of amides is 1. The molecule has 3 aromatic rings. The number of anilines is 1. The first-order chi connectivity index (χ1) is 10.6. The first-order valence-corrected chi connectivity index (χ1v) is 7.53. The highest BCUT2D eigenvalue weighted by Gasteiger charge is 2.14. The van der Waals surface area contributed by atoms with Crippen molar-refractivity contribution < 1.29 is 4.79 Å². The van der Waals surface area contributed by atoms with Gasteiger partial charge in [-0.05, 0) is 59.0 Å². The normalized spacial score (nSPS) is 10.4. The van der Waals surface area contributed by atoms with Gasteiger partial charge in [-0.3, -0.25) is 9.78 Å². The van der Waals surface area contributed by atoms with Crippen LogP contribution >= 0.6 is 22.6 Å². The van der Waals surface area contributed by atoms with E-state index in [0.717, 1.165) is 8.25 Å². The molecule has 22 heavy (non-hydrogen) atoms. The number of carbonyl (C=O) groups is 1. The van der Waals surface area contributed by atoms with Crippen LogP contribution in [0.1, 0.15) is 10.6 Å². The van der Waals surface area contributed by atoms with Gasteiger partial charge in [-0.25, -0.2) is 4.79 Å². The second-order valence-electron chi connectivity index (χ2n) is 4.49. The van der Waals surface area contributed by atoms with E-state index >= 15 is 0 Å². The van der Waals surface area contributed by atoms with Crippen molar-refractivity contribution in [3.63, 3.8) is 0 Å². The van der Waals surface area contributed by atoms with E-state index in [2.05, 4.69) is 38.0 Å². The Morgan fingerprint density at radius 3 is 2.45 bits per heavy atom. The molecule has 1 aromatic heterocycles. The summed E-state index contributed by atoms with van der Waals surface area (Å²) in [5.74, 6) is -0.500. The van der Waals surface area contributed by atoms with Gasteiger partial charge in [0.1, 0.15) is 0 Å². The number of hydrogen-bond acceptors (Lipinski definition) is 3. The van der Waals surface area contributed by atoms with Crippen LogP contribution in [-0.2, 0) is 0 Å². The molecule has 110 valence electrons. The number of hydrogen-bond donors (Lipinski definition) is 2. The predicted molar refractivity (Wildman–Crippen MR) is 91.3 cm³/mol. The van der Waals surface area contributed by atoms with E-state index in [4.69, 9.17) is 0 Å². The van der Waals surface area contributed by atoms with Crippen molar-refractivity contribution in [3.05, 3.63) is 74.5 Å². The summed E-state index contributed by atoms with van der Waals surface area (Å²) in [6, 6.07) is 16.2. The van der Waals surface area contributed by atoms with Crippen molar-refractivity contribution in [3.8, 4) is 5.69 Å². The van der Waals surface area contributed by atoms with Crippen LogP contribution in [0.25, 0.3) is 5.69 Å². The molecular weight excluding hydrogens is 395 g/mol. The zero-order chi connectivity index (χ0) is 15.5. The molecule has 0 saturated carbocycles. The number of para-hydroxylation sites is 1. The molecule has 2 aromatic carbocycles. The third-order valence-corrected chi connectivity index (χ3v) is 3.65. The zero-order valence-electron chi connectivity index (χ0n) is 11.3. The minimum Gasteiger partial charge on any atom is -0.319 e. The van der Waals surface area contributed by atoms with Crippen LogP contribution in [0.3, 0.4) is 0 Å². The maximum atomic E-state index is 12.1. The summed E-state index contributed by atoms with van der Waals surface area (Å²) < 4.78 is 2.22. The lowest BCUT2D eigenvalue weighted by Gasteiger charge is -2.02. The van der Waals surface area contributed by atoms with E-state index in [0.29, 0.717) is 11.4 Å². The SMILES string of the molecule is O=C(Nc1ccc(I)cc1)c1nn(-c2ccccc2)c(=O)[nH]1. The molecule has 0 bridgehead atoms. The highest BCUT2D eigenvalue weighted by Crippen LogP contribution is 2.11. The maximum absolute atomic E-state index is 12.1. The van der Waals surface area contributed by atoms with Gasteiger partial charge >= 0.3 is 5.69 Å². The largest absolute Gasteiger partial charge is 0.348 e. The fourth-order valence-corrected chi connectivity index (χ4v) is 2.25. The molecule has 6 nitrogen and oxygen atoms in total. The molecule has 0 spiro atoms. The van der Waals surface area contributed by atoms with E-state index < -0.39 is 11.6 Å². The molecule has 0 saturated heterocycles. The maximum Gasteiger partial charge on any atom is 0.348 e. The number of aromatic amines is 1. The molecule has 3 rings (SSSR count). The number of halogens is 1. The lowest BCUT2D eigenvalue weighted by Crippen LogP contribution is -2.15. The molecule has 0 aliphatic heterocycles. The summed E-state index contributed by atoms with van der Waals surface area (Å²) in [4.78, 5) is 26.5. The van der Waals surface area contributed by atoms with Crippen molar-refractivity contribution in [2.45, 2.75) is 0 Å². The highest BCUT2D eigenvalue weighted by atomic mass is 127. The Morgan fingerprint density at radius 1 is 1.09 bits per heavy atom. The van der Waals surface area contributed by atoms with Gasteiger partial charge in [-0.15, -0.1) is 5.10 Å². The van der Waals surface area contributed by atoms with Crippen LogP contribution in [0.4, 0.5) is 5.69 Å². The zero-order valence-corrected chi connectivity index (χ0v) is 13.4. The number of nitrogens with one attached hydrogen (secondary N) is 2. The molecule has 2 N–H and O–H groups in total. The highest BCUT2D eigenvalue weighted by molar-refractivity contribution is 14.1. The fourth-order valence-electron chi connectivity index (χ4n) is 1.89. The monoisotopic (exact) mass is 406 g/mol. The van der Waals surface area contributed by atoms with Gasteiger partial charge in [0.25, 0.3) is 5.91 Å². The van der Waals surface area contributed by atoms with Gasteiger partial charge in [-0.1, -0.05) is 18.2 Å². The third-order valence-electron chi connectivity index (χ3n) is 2.94. The van der Waals surface area contributed by atoms with Gasteiger partial charge in [-0.2, -0.15) is 4.68 Å². The molecule has 0 unspecified atom stereocenters. The number of nitrogens with zero attached hydrogens (tertiary/aromatic N) is 2. The van der Waals surface area contributed by atoms with Gasteiger partial charge in [0, 0.05) is 9.26 Å². The van der Waals surface area contributed by atoms with Crippen molar-refractivity contribution >= 4 is 34.2 Å². The summed E-state index contributed by atoms with van der Waals surface area (Å²) in [6.07, 6.45) is 0. The molecule has 1 heterocycles. The van der Waals surface area contributed by atoms with Crippen molar-refractivity contribution in [2.75, 3.05) is 5.32 Å². The van der Waals surface area contributed by atoms with E-state index in [-0.39, 0.29) is 5.82 Å². The third kappa shape index (κ3) is 3.08. The number of benzene rings is 2. The van der Waals surface area contributed by atoms with E-state index in [1.165, 1.54) is 0 Å². The average Bonchev–Trinajstić information content (AvgIpc) is 2.92.